The fraction of sp³-hybridized carbons (Fsp3) is 0.867. The van der Waals surface area contributed by atoms with E-state index in [9.17, 15) is 0 Å². The maximum atomic E-state index is 3.75. The molecule has 0 fully saturated rings. The first-order valence-electron chi connectivity index (χ1n) is 6.93. The van der Waals surface area contributed by atoms with Crippen LogP contribution in [0.1, 0.15) is 53.9 Å². The van der Waals surface area contributed by atoms with Crippen molar-refractivity contribution < 1.29 is 0 Å². The van der Waals surface area contributed by atoms with Gasteiger partial charge in [-0.15, -0.1) is 0 Å². The topological polar surface area (TPSA) is 12.0 Å². The van der Waals surface area contributed by atoms with Crippen LogP contribution in [-0.4, -0.2) is 12.6 Å². The molecular formula is C15H29N. The van der Waals surface area contributed by atoms with Crippen LogP contribution in [0, 0.1) is 17.8 Å². The van der Waals surface area contributed by atoms with Crippen molar-refractivity contribution in [2.75, 3.05) is 6.54 Å². The predicted octanol–water partition coefficient (Wildman–Crippen LogP) is 4.00. The van der Waals surface area contributed by atoms with Gasteiger partial charge in [0.25, 0.3) is 0 Å². The van der Waals surface area contributed by atoms with Crippen molar-refractivity contribution in [3.05, 3.63) is 11.6 Å². The monoisotopic (exact) mass is 223 g/mol. The largest absolute Gasteiger partial charge is 0.313 e. The van der Waals surface area contributed by atoms with Crippen LogP contribution >= 0.6 is 0 Å². The minimum Gasteiger partial charge on any atom is -0.313 e. The molecule has 0 aliphatic heterocycles. The normalized spacial score (nSPS) is 28.0. The minimum absolute atomic E-state index is 0.696. The summed E-state index contributed by atoms with van der Waals surface area (Å²) < 4.78 is 0. The zero-order chi connectivity index (χ0) is 12.1. The highest BCUT2D eigenvalue weighted by Gasteiger charge is 2.19. The Labute approximate surface area is 102 Å². The van der Waals surface area contributed by atoms with Gasteiger partial charge in [-0.1, -0.05) is 39.3 Å². The van der Waals surface area contributed by atoms with Gasteiger partial charge < -0.3 is 5.32 Å². The van der Waals surface area contributed by atoms with E-state index in [2.05, 4.69) is 46.0 Å². The Morgan fingerprint density at radius 3 is 2.62 bits per heavy atom. The van der Waals surface area contributed by atoms with E-state index in [4.69, 9.17) is 0 Å². The van der Waals surface area contributed by atoms with E-state index >= 15 is 0 Å². The molecule has 94 valence electrons. The fourth-order valence-electron chi connectivity index (χ4n) is 3.01. The molecule has 1 N–H and O–H groups in total. The smallest absolute Gasteiger partial charge is 0.00875 e. The van der Waals surface area contributed by atoms with E-state index in [0.717, 1.165) is 17.8 Å². The second-order valence-corrected chi connectivity index (χ2v) is 5.96. The van der Waals surface area contributed by atoms with Crippen molar-refractivity contribution in [1.82, 2.24) is 5.32 Å². The molecular weight excluding hydrogens is 194 g/mol. The molecule has 0 aromatic carbocycles. The van der Waals surface area contributed by atoms with Gasteiger partial charge in [0, 0.05) is 6.04 Å². The van der Waals surface area contributed by atoms with Gasteiger partial charge in [0.2, 0.25) is 0 Å². The zero-order valence-corrected chi connectivity index (χ0v) is 11.7. The van der Waals surface area contributed by atoms with Crippen LogP contribution in [0.3, 0.4) is 0 Å². The average Bonchev–Trinajstić information content (AvgIpc) is 2.16. The van der Waals surface area contributed by atoms with Crippen molar-refractivity contribution >= 4 is 0 Å². The first-order chi connectivity index (χ1) is 7.52. The molecule has 3 unspecified atom stereocenters. The Morgan fingerprint density at radius 1 is 1.44 bits per heavy atom. The lowest BCUT2D eigenvalue weighted by Gasteiger charge is -2.29. The SMILES string of the molecule is CCC(NCC1CC(C)=CC(C)C1)C(C)C. The Bertz CT molecular complexity index is 230. The molecule has 0 aromatic rings. The van der Waals surface area contributed by atoms with E-state index in [0.29, 0.717) is 6.04 Å². The van der Waals surface area contributed by atoms with E-state index in [1.807, 2.05) is 0 Å². The molecule has 0 spiro atoms. The molecule has 0 heterocycles. The van der Waals surface area contributed by atoms with Crippen LogP contribution in [0.4, 0.5) is 0 Å². The van der Waals surface area contributed by atoms with Crippen molar-refractivity contribution in [3.8, 4) is 0 Å². The van der Waals surface area contributed by atoms with Crippen molar-refractivity contribution in [3.63, 3.8) is 0 Å². The van der Waals surface area contributed by atoms with Crippen molar-refractivity contribution in [2.45, 2.75) is 59.9 Å². The van der Waals surface area contributed by atoms with Gasteiger partial charge in [-0.3, -0.25) is 0 Å². The molecule has 0 radical (unpaired) electrons. The summed E-state index contributed by atoms with van der Waals surface area (Å²) in [4.78, 5) is 0. The Morgan fingerprint density at radius 2 is 2.12 bits per heavy atom. The predicted molar refractivity (Wildman–Crippen MR) is 72.6 cm³/mol. The first-order valence-corrected chi connectivity index (χ1v) is 6.93. The summed E-state index contributed by atoms with van der Waals surface area (Å²) in [6.45, 7) is 12.7. The molecule has 1 nitrogen and oxygen atoms in total. The molecule has 0 saturated heterocycles. The fourth-order valence-corrected chi connectivity index (χ4v) is 3.01. The summed E-state index contributed by atoms with van der Waals surface area (Å²) in [6, 6.07) is 0.696. The van der Waals surface area contributed by atoms with Gasteiger partial charge in [-0.05, 0) is 50.5 Å². The van der Waals surface area contributed by atoms with Crippen molar-refractivity contribution in [2.24, 2.45) is 17.8 Å². The molecule has 1 heteroatoms. The highest BCUT2D eigenvalue weighted by molar-refractivity contribution is 5.06. The molecule has 1 rings (SSSR count). The third-order valence-corrected chi connectivity index (χ3v) is 3.80. The second kappa shape index (κ2) is 6.44. The molecule has 16 heavy (non-hydrogen) atoms. The van der Waals surface area contributed by atoms with Crippen LogP contribution in [0.2, 0.25) is 0 Å². The van der Waals surface area contributed by atoms with Gasteiger partial charge in [0.1, 0.15) is 0 Å². The summed E-state index contributed by atoms with van der Waals surface area (Å²) in [6.07, 6.45) is 6.34. The Balaban J connectivity index is 2.35. The van der Waals surface area contributed by atoms with E-state index < -0.39 is 0 Å². The molecule has 0 saturated carbocycles. The van der Waals surface area contributed by atoms with Gasteiger partial charge >= 0.3 is 0 Å². The van der Waals surface area contributed by atoms with E-state index in [1.54, 1.807) is 5.57 Å². The van der Waals surface area contributed by atoms with E-state index in [-0.39, 0.29) is 0 Å². The van der Waals surface area contributed by atoms with Gasteiger partial charge in [0.15, 0.2) is 0 Å². The Kier molecular flexibility index (Phi) is 5.54. The van der Waals surface area contributed by atoms with Gasteiger partial charge in [-0.2, -0.15) is 0 Å². The maximum Gasteiger partial charge on any atom is 0.00875 e. The standard InChI is InChI=1S/C15H29N/c1-6-15(11(2)3)16-10-14-8-12(4)7-13(5)9-14/h7,11-12,14-16H,6,8-10H2,1-5H3. The van der Waals surface area contributed by atoms with Gasteiger partial charge in [-0.25, -0.2) is 0 Å². The lowest BCUT2D eigenvalue weighted by atomic mass is 9.83. The average molecular weight is 223 g/mol. The molecule has 3 atom stereocenters. The number of hydrogen-bond acceptors (Lipinski definition) is 1. The number of rotatable bonds is 5. The third-order valence-electron chi connectivity index (χ3n) is 3.80. The first kappa shape index (κ1) is 13.8. The summed E-state index contributed by atoms with van der Waals surface area (Å²) in [5.74, 6) is 2.38. The highest BCUT2D eigenvalue weighted by Crippen LogP contribution is 2.27. The summed E-state index contributed by atoms with van der Waals surface area (Å²) in [5, 5.41) is 3.75. The van der Waals surface area contributed by atoms with Crippen molar-refractivity contribution in [1.29, 1.82) is 0 Å². The lowest BCUT2D eigenvalue weighted by Crippen LogP contribution is -2.37. The minimum atomic E-state index is 0.696. The highest BCUT2D eigenvalue weighted by atomic mass is 14.9. The Hall–Kier alpha value is -0.300. The molecule has 0 aromatic heterocycles. The number of hydrogen-bond donors (Lipinski definition) is 1. The van der Waals surface area contributed by atoms with Crippen LogP contribution in [0.15, 0.2) is 11.6 Å². The molecule has 1 aliphatic carbocycles. The second-order valence-electron chi connectivity index (χ2n) is 5.96. The van der Waals surface area contributed by atoms with Crippen LogP contribution in [0.5, 0.6) is 0 Å². The summed E-state index contributed by atoms with van der Waals surface area (Å²) >= 11 is 0. The zero-order valence-electron chi connectivity index (χ0n) is 11.7. The molecule has 0 bridgehead atoms. The van der Waals surface area contributed by atoms with Gasteiger partial charge in [0.05, 0.1) is 0 Å². The third kappa shape index (κ3) is 4.29. The van der Waals surface area contributed by atoms with Crippen LogP contribution in [-0.2, 0) is 0 Å². The number of allylic oxidation sites excluding steroid dienone is 2. The summed E-state index contributed by atoms with van der Waals surface area (Å²) in [7, 11) is 0. The molecule has 0 amide bonds. The maximum absolute atomic E-state index is 3.75. The number of nitrogens with one attached hydrogen (secondary N) is 1. The van der Waals surface area contributed by atoms with Crippen LogP contribution < -0.4 is 5.32 Å². The van der Waals surface area contributed by atoms with Crippen LogP contribution in [0.25, 0.3) is 0 Å². The summed E-state index contributed by atoms with van der Waals surface area (Å²) in [5.41, 5.74) is 1.59. The lowest BCUT2D eigenvalue weighted by molar-refractivity contribution is 0.322. The molecule has 1 aliphatic rings. The quantitative estimate of drug-likeness (QED) is 0.695. The van der Waals surface area contributed by atoms with E-state index in [1.165, 1.54) is 25.8 Å².